The van der Waals surface area contributed by atoms with Crippen molar-refractivity contribution in [3.05, 3.63) is 0 Å². The largest absolute Gasteiger partial charge is 0.437 e. The van der Waals surface area contributed by atoms with Crippen LogP contribution in [0.5, 0.6) is 0 Å². The molecule has 0 saturated heterocycles. The molecule has 0 bridgehead atoms. The molecule has 0 aromatic rings. The van der Waals surface area contributed by atoms with E-state index in [4.69, 9.17) is 0 Å². The van der Waals surface area contributed by atoms with Crippen LogP contribution in [-0.2, 0) is 9.53 Å². The maximum Gasteiger partial charge on any atom is 0.437 e. The van der Waals surface area contributed by atoms with E-state index >= 15 is 0 Å². The zero-order chi connectivity index (χ0) is 9.90. The van der Waals surface area contributed by atoms with Crippen LogP contribution in [0.1, 0.15) is 19.3 Å². The Bertz CT molecular complexity index is 195. The standard InChI is InChI=1S/C7H12F2N2O2/c8-7(9,6(12)11-10)13-4-3-5-1-2-5/h5H,1-4,10H2,(H,11,12). The number of nitrogens with one attached hydrogen (secondary N) is 1. The Morgan fingerprint density at radius 3 is 2.69 bits per heavy atom. The van der Waals surface area contributed by atoms with Gasteiger partial charge < -0.3 is 4.74 Å². The van der Waals surface area contributed by atoms with Gasteiger partial charge >= 0.3 is 12.0 Å². The lowest BCUT2D eigenvalue weighted by Crippen LogP contribution is -2.45. The van der Waals surface area contributed by atoms with Gasteiger partial charge in [-0.15, -0.1) is 0 Å². The Balaban J connectivity index is 2.19. The molecule has 1 saturated carbocycles. The summed E-state index contributed by atoms with van der Waals surface area (Å²) in [6.45, 7) is -0.106. The van der Waals surface area contributed by atoms with Crippen LogP contribution in [0, 0.1) is 5.92 Å². The maximum atomic E-state index is 12.6. The van der Waals surface area contributed by atoms with E-state index < -0.39 is 12.0 Å². The molecule has 0 spiro atoms. The van der Waals surface area contributed by atoms with Crippen molar-refractivity contribution >= 4 is 5.91 Å². The molecule has 0 radical (unpaired) electrons. The molecular formula is C7H12F2N2O2. The lowest BCUT2D eigenvalue weighted by atomic mass is 10.3. The zero-order valence-electron chi connectivity index (χ0n) is 7.06. The first-order valence-electron chi connectivity index (χ1n) is 4.09. The molecule has 76 valence electrons. The van der Waals surface area contributed by atoms with Crippen LogP contribution in [-0.4, -0.2) is 18.6 Å². The van der Waals surface area contributed by atoms with E-state index in [-0.39, 0.29) is 6.61 Å². The van der Waals surface area contributed by atoms with Crippen molar-refractivity contribution < 1.29 is 18.3 Å². The van der Waals surface area contributed by atoms with E-state index in [1.54, 1.807) is 0 Å². The van der Waals surface area contributed by atoms with Crippen LogP contribution >= 0.6 is 0 Å². The van der Waals surface area contributed by atoms with Gasteiger partial charge in [0.05, 0.1) is 6.61 Å². The topological polar surface area (TPSA) is 64.3 Å². The second kappa shape index (κ2) is 3.97. The number of carbonyl (C=O) groups excluding carboxylic acids is 1. The Labute approximate surface area is 74.4 Å². The zero-order valence-corrected chi connectivity index (χ0v) is 7.06. The number of hydrogen-bond donors (Lipinski definition) is 2. The molecule has 1 aliphatic carbocycles. The molecule has 6 heteroatoms. The molecule has 0 atom stereocenters. The van der Waals surface area contributed by atoms with Gasteiger partial charge in [-0.05, 0) is 12.3 Å². The number of rotatable bonds is 5. The van der Waals surface area contributed by atoms with Crippen molar-refractivity contribution in [2.24, 2.45) is 11.8 Å². The normalized spacial score (nSPS) is 17.2. The third-order valence-corrected chi connectivity index (χ3v) is 1.90. The minimum Gasteiger partial charge on any atom is -0.313 e. The van der Waals surface area contributed by atoms with Gasteiger partial charge in [-0.2, -0.15) is 8.78 Å². The van der Waals surface area contributed by atoms with Crippen molar-refractivity contribution in [3.8, 4) is 0 Å². The summed E-state index contributed by atoms with van der Waals surface area (Å²) in [4.78, 5) is 10.4. The summed E-state index contributed by atoms with van der Waals surface area (Å²) in [6, 6.07) is 0. The summed E-state index contributed by atoms with van der Waals surface area (Å²) in [7, 11) is 0. The predicted molar refractivity (Wildman–Crippen MR) is 40.6 cm³/mol. The lowest BCUT2D eigenvalue weighted by Gasteiger charge is -2.14. The van der Waals surface area contributed by atoms with Gasteiger partial charge in [0.15, 0.2) is 0 Å². The summed E-state index contributed by atoms with van der Waals surface area (Å²) < 4.78 is 29.3. The van der Waals surface area contributed by atoms with Crippen molar-refractivity contribution in [2.45, 2.75) is 25.4 Å². The fraction of sp³-hybridized carbons (Fsp3) is 0.857. The molecule has 0 heterocycles. The molecule has 1 fully saturated rings. The minimum absolute atomic E-state index is 0.106. The van der Waals surface area contributed by atoms with Gasteiger partial charge in [0, 0.05) is 0 Å². The SMILES string of the molecule is NNC(=O)C(F)(F)OCCC1CC1. The van der Waals surface area contributed by atoms with E-state index in [0.717, 1.165) is 12.8 Å². The first-order chi connectivity index (χ1) is 6.06. The van der Waals surface area contributed by atoms with E-state index in [0.29, 0.717) is 12.3 Å². The first-order valence-corrected chi connectivity index (χ1v) is 4.09. The Morgan fingerprint density at radius 2 is 2.23 bits per heavy atom. The molecular weight excluding hydrogens is 182 g/mol. The van der Waals surface area contributed by atoms with E-state index in [1.165, 1.54) is 5.43 Å². The molecule has 1 aliphatic rings. The van der Waals surface area contributed by atoms with Gasteiger partial charge in [0.2, 0.25) is 0 Å². The van der Waals surface area contributed by atoms with Crippen LogP contribution in [0.3, 0.4) is 0 Å². The van der Waals surface area contributed by atoms with Crippen LogP contribution in [0.25, 0.3) is 0 Å². The third kappa shape index (κ3) is 3.23. The number of halogens is 2. The van der Waals surface area contributed by atoms with E-state index in [1.807, 2.05) is 0 Å². The maximum absolute atomic E-state index is 12.6. The van der Waals surface area contributed by atoms with Crippen LogP contribution in [0.4, 0.5) is 8.78 Å². The Hall–Kier alpha value is -0.750. The summed E-state index contributed by atoms with van der Waals surface area (Å²) in [6.07, 6.45) is -1.09. The van der Waals surface area contributed by atoms with Crippen molar-refractivity contribution in [2.75, 3.05) is 6.61 Å². The molecule has 1 amide bonds. The molecule has 0 aromatic heterocycles. The molecule has 0 aliphatic heterocycles. The fourth-order valence-corrected chi connectivity index (χ4v) is 0.910. The molecule has 1 rings (SSSR count). The second-order valence-corrected chi connectivity index (χ2v) is 3.07. The molecule has 0 unspecified atom stereocenters. The molecule has 3 N–H and O–H groups in total. The number of alkyl halides is 2. The summed E-state index contributed by atoms with van der Waals surface area (Å²) in [5.74, 6) is 3.43. The third-order valence-electron chi connectivity index (χ3n) is 1.90. The first kappa shape index (κ1) is 10.3. The van der Waals surface area contributed by atoms with Crippen molar-refractivity contribution in [1.29, 1.82) is 0 Å². The average molecular weight is 194 g/mol. The highest BCUT2D eigenvalue weighted by molar-refractivity contribution is 5.81. The van der Waals surface area contributed by atoms with E-state index in [2.05, 4.69) is 10.6 Å². The van der Waals surface area contributed by atoms with Gasteiger partial charge in [-0.3, -0.25) is 10.2 Å². The van der Waals surface area contributed by atoms with Gasteiger partial charge in [-0.1, -0.05) is 12.8 Å². The number of nitrogens with two attached hydrogens (primary N) is 1. The van der Waals surface area contributed by atoms with Gasteiger partial charge in [0.25, 0.3) is 0 Å². The lowest BCUT2D eigenvalue weighted by molar-refractivity contribution is -0.231. The quantitative estimate of drug-likeness (QED) is 0.378. The Kier molecular flexibility index (Phi) is 3.16. The highest BCUT2D eigenvalue weighted by atomic mass is 19.3. The Morgan fingerprint density at radius 1 is 1.62 bits per heavy atom. The fourth-order valence-electron chi connectivity index (χ4n) is 0.910. The number of hydrazine groups is 1. The number of amides is 1. The van der Waals surface area contributed by atoms with Crippen LogP contribution in [0.15, 0.2) is 0 Å². The van der Waals surface area contributed by atoms with E-state index in [9.17, 15) is 13.6 Å². The summed E-state index contributed by atoms with van der Waals surface area (Å²) in [5, 5.41) is 0. The molecule has 0 aromatic carbocycles. The molecule has 4 nitrogen and oxygen atoms in total. The molecule has 13 heavy (non-hydrogen) atoms. The second-order valence-electron chi connectivity index (χ2n) is 3.07. The highest BCUT2D eigenvalue weighted by Crippen LogP contribution is 2.32. The van der Waals surface area contributed by atoms with Gasteiger partial charge in [-0.25, -0.2) is 5.84 Å². The van der Waals surface area contributed by atoms with Crippen LogP contribution < -0.4 is 11.3 Å². The monoisotopic (exact) mass is 194 g/mol. The van der Waals surface area contributed by atoms with Crippen LogP contribution in [0.2, 0.25) is 0 Å². The summed E-state index contributed by atoms with van der Waals surface area (Å²) >= 11 is 0. The highest BCUT2D eigenvalue weighted by Gasteiger charge is 2.40. The summed E-state index contributed by atoms with van der Waals surface area (Å²) in [5.41, 5.74) is 1.35. The number of ether oxygens (including phenoxy) is 1. The van der Waals surface area contributed by atoms with Crippen molar-refractivity contribution in [3.63, 3.8) is 0 Å². The number of carbonyl (C=O) groups is 1. The smallest absolute Gasteiger partial charge is 0.313 e. The minimum atomic E-state index is -3.80. The number of hydrogen-bond acceptors (Lipinski definition) is 3. The van der Waals surface area contributed by atoms with Gasteiger partial charge in [0.1, 0.15) is 0 Å². The predicted octanol–water partition coefficient (Wildman–Crippen LogP) is 0.386. The average Bonchev–Trinajstić information content (AvgIpc) is 2.86. The van der Waals surface area contributed by atoms with Crippen molar-refractivity contribution in [1.82, 2.24) is 5.43 Å².